The standard InChI is InChI=1S/C16H17F3N2O6/c17-9-4-13(25)21(16(18)19)11-3-7(1-2-8(9)11)20-10(5-22)14(26)15(27)12(24)6-23/h1-5,10,12,14-16,20,23-24,26-27H,6H2/t10-,12+,14+,15+/m0/s1/i17-1. The average molecular weight is 389 g/mol. The van der Waals surface area contributed by atoms with Gasteiger partial charge in [-0.15, -0.1) is 0 Å². The molecule has 0 aliphatic carbocycles. The summed E-state index contributed by atoms with van der Waals surface area (Å²) in [6, 6.07) is 2.21. The predicted molar refractivity (Wildman–Crippen MR) is 88.0 cm³/mol. The quantitative estimate of drug-likeness (QED) is 0.388. The second-order valence-electron chi connectivity index (χ2n) is 5.75. The van der Waals surface area contributed by atoms with Crippen LogP contribution in [0.5, 0.6) is 0 Å². The van der Waals surface area contributed by atoms with Crippen LogP contribution in [0.3, 0.4) is 0 Å². The molecule has 4 atom stereocenters. The van der Waals surface area contributed by atoms with E-state index < -0.39 is 54.4 Å². The fourth-order valence-electron chi connectivity index (χ4n) is 2.54. The Morgan fingerprint density at radius 2 is 1.81 bits per heavy atom. The smallest absolute Gasteiger partial charge is 0.321 e. The van der Waals surface area contributed by atoms with Crippen LogP contribution < -0.4 is 10.9 Å². The van der Waals surface area contributed by atoms with Gasteiger partial charge in [-0.05, 0) is 18.2 Å². The maximum atomic E-state index is 13.9. The van der Waals surface area contributed by atoms with E-state index in [1.807, 2.05) is 0 Å². The molecule has 27 heavy (non-hydrogen) atoms. The number of aldehydes is 1. The molecule has 0 bridgehead atoms. The first-order chi connectivity index (χ1) is 12.7. The van der Waals surface area contributed by atoms with Crippen LogP contribution in [0.2, 0.25) is 0 Å². The van der Waals surface area contributed by atoms with Gasteiger partial charge >= 0.3 is 6.55 Å². The van der Waals surface area contributed by atoms with Gasteiger partial charge in [0.15, 0.2) is 0 Å². The van der Waals surface area contributed by atoms with E-state index in [4.69, 9.17) is 5.11 Å². The van der Waals surface area contributed by atoms with Gasteiger partial charge in [0.05, 0.1) is 12.1 Å². The molecule has 0 fully saturated rings. The van der Waals surface area contributed by atoms with Crippen molar-refractivity contribution in [1.82, 2.24) is 4.57 Å². The molecule has 0 aliphatic rings. The molecule has 0 radical (unpaired) electrons. The summed E-state index contributed by atoms with van der Waals surface area (Å²) in [7, 11) is 0. The number of aliphatic hydroxyl groups excluding tert-OH is 4. The van der Waals surface area contributed by atoms with E-state index in [1.165, 1.54) is 6.07 Å². The number of aliphatic hydroxyl groups is 4. The lowest BCUT2D eigenvalue weighted by atomic mass is 10.0. The second-order valence-corrected chi connectivity index (χ2v) is 5.75. The molecule has 0 amide bonds. The Morgan fingerprint density at radius 3 is 2.37 bits per heavy atom. The zero-order valence-electron chi connectivity index (χ0n) is 13.7. The summed E-state index contributed by atoms with van der Waals surface area (Å²) >= 11 is 0. The zero-order chi connectivity index (χ0) is 20.3. The van der Waals surface area contributed by atoms with Gasteiger partial charge < -0.3 is 30.5 Å². The number of aromatic nitrogens is 1. The summed E-state index contributed by atoms with van der Waals surface area (Å²) in [4.78, 5) is 22.8. The molecule has 8 nitrogen and oxygen atoms in total. The van der Waals surface area contributed by atoms with Gasteiger partial charge in [-0.3, -0.25) is 9.36 Å². The van der Waals surface area contributed by atoms with E-state index in [1.54, 1.807) is 0 Å². The van der Waals surface area contributed by atoms with E-state index in [0.29, 0.717) is 6.07 Å². The van der Waals surface area contributed by atoms with Crippen molar-refractivity contribution in [3.05, 3.63) is 40.4 Å². The molecule has 5 N–H and O–H groups in total. The van der Waals surface area contributed by atoms with Crippen LogP contribution in [-0.2, 0) is 4.79 Å². The van der Waals surface area contributed by atoms with Crippen molar-refractivity contribution in [2.24, 2.45) is 0 Å². The summed E-state index contributed by atoms with van der Waals surface area (Å²) < 4.78 is 40.2. The zero-order valence-corrected chi connectivity index (χ0v) is 13.7. The summed E-state index contributed by atoms with van der Waals surface area (Å²) in [5.41, 5.74) is -1.75. The first-order valence-electron chi connectivity index (χ1n) is 7.71. The van der Waals surface area contributed by atoms with Crippen LogP contribution in [0.25, 0.3) is 10.9 Å². The van der Waals surface area contributed by atoms with Crippen LogP contribution >= 0.6 is 0 Å². The van der Waals surface area contributed by atoms with Gasteiger partial charge in [0.2, 0.25) is 0 Å². The van der Waals surface area contributed by atoms with E-state index in [0.717, 1.165) is 12.1 Å². The fraction of sp³-hybridized carbons (Fsp3) is 0.375. The molecule has 1 aromatic heterocycles. The average Bonchev–Trinajstić information content (AvgIpc) is 2.63. The Hall–Kier alpha value is -2.47. The van der Waals surface area contributed by atoms with Gasteiger partial charge in [-0.1, -0.05) is 0 Å². The van der Waals surface area contributed by atoms with Gasteiger partial charge in [0.1, 0.15) is 36.5 Å². The number of nitrogens with one attached hydrogen (secondary N) is 1. The number of benzene rings is 1. The minimum absolute atomic E-state index is 0.0382. The molecule has 148 valence electrons. The van der Waals surface area contributed by atoms with Gasteiger partial charge in [0, 0.05) is 17.1 Å². The topological polar surface area (TPSA) is 132 Å². The minimum atomic E-state index is -3.25. The number of carbonyl (C=O) groups excluding carboxylic acids is 1. The Bertz CT molecular complexity index is 875. The highest BCUT2D eigenvalue weighted by Crippen LogP contribution is 2.24. The van der Waals surface area contributed by atoms with Crippen LogP contribution in [-0.4, -0.2) is 62.2 Å². The van der Waals surface area contributed by atoms with E-state index in [9.17, 15) is 38.1 Å². The lowest BCUT2D eigenvalue weighted by molar-refractivity contribution is -0.117. The summed E-state index contributed by atoms with van der Waals surface area (Å²) in [5, 5.41) is 39.9. The maximum absolute atomic E-state index is 13.9. The molecular weight excluding hydrogens is 372 g/mol. The van der Waals surface area contributed by atoms with Crippen molar-refractivity contribution < 1.29 is 38.4 Å². The first kappa shape index (κ1) is 20.8. The number of nitrogens with zero attached hydrogens (tertiary/aromatic N) is 1. The number of halogens is 3. The number of alkyl halides is 2. The normalized spacial score (nSPS) is 16.1. The molecule has 1 aromatic carbocycles. The van der Waals surface area contributed by atoms with Crippen molar-refractivity contribution in [3.63, 3.8) is 0 Å². The first-order valence-corrected chi connectivity index (χ1v) is 7.71. The lowest BCUT2D eigenvalue weighted by Crippen LogP contribution is -2.49. The second kappa shape index (κ2) is 8.48. The van der Waals surface area contributed by atoms with Crippen LogP contribution in [0.1, 0.15) is 6.55 Å². The third-order valence-electron chi connectivity index (χ3n) is 3.98. The summed E-state index contributed by atoms with van der Waals surface area (Å²) in [5.74, 6) is -1.01. The van der Waals surface area contributed by atoms with E-state index in [-0.39, 0.29) is 21.9 Å². The van der Waals surface area contributed by atoms with Crippen molar-refractivity contribution in [2.75, 3.05) is 11.9 Å². The van der Waals surface area contributed by atoms with Crippen molar-refractivity contribution >= 4 is 22.9 Å². The van der Waals surface area contributed by atoms with Crippen molar-refractivity contribution in [1.29, 1.82) is 0 Å². The Morgan fingerprint density at radius 1 is 1.15 bits per heavy atom. The third-order valence-corrected chi connectivity index (χ3v) is 3.98. The number of carbonyl (C=O) groups is 1. The number of anilines is 1. The fourth-order valence-corrected chi connectivity index (χ4v) is 2.54. The van der Waals surface area contributed by atoms with Crippen LogP contribution in [0.15, 0.2) is 29.1 Å². The summed E-state index contributed by atoms with van der Waals surface area (Å²) in [6.07, 6.45) is -5.27. The van der Waals surface area contributed by atoms with Crippen LogP contribution in [0.4, 0.5) is 18.9 Å². The SMILES string of the molecule is O=C[C@H](Nc1ccc2c([18F])cc(=O)n(C(F)F)c2c1)[C@@H](O)[C@H](O)[C@H](O)CO. The molecule has 0 spiro atoms. The highest BCUT2D eigenvalue weighted by molar-refractivity contribution is 5.84. The van der Waals surface area contributed by atoms with E-state index >= 15 is 0 Å². The number of hydrogen-bond donors (Lipinski definition) is 5. The molecular formula is C16H17F3N2O6. The minimum Gasteiger partial charge on any atom is -0.394 e. The molecule has 0 saturated carbocycles. The predicted octanol–water partition coefficient (Wildman–Crippen LogP) is -0.410. The van der Waals surface area contributed by atoms with E-state index in [2.05, 4.69) is 5.32 Å². The van der Waals surface area contributed by atoms with Gasteiger partial charge in [-0.25, -0.2) is 4.39 Å². The Kier molecular flexibility index (Phi) is 6.54. The highest BCUT2D eigenvalue weighted by atomic mass is 19.3. The maximum Gasteiger partial charge on any atom is 0.321 e. The van der Waals surface area contributed by atoms with Crippen molar-refractivity contribution in [3.8, 4) is 0 Å². The molecule has 1 heterocycles. The molecule has 2 aromatic rings. The van der Waals surface area contributed by atoms with Crippen molar-refractivity contribution in [2.45, 2.75) is 30.9 Å². The Labute approximate surface area is 150 Å². The molecule has 11 heteroatoms. The van der Waals surface area contributed by atoms with Crippen LogP contribution in [0, 0.1) is 5.82 Å². The molecule has 0 unspecified atom stereocenters. The summed E-state index contributed by atoms with van der Waals surface area (Å²) in [6.45, 7) is -4.12. The Balaban J connectivity index is 2.42. The monoisotopic (exact) mass is 389 g/mol. The third kappa shape index (κ3) is 4.27. The number of fused-ring (bicyclic) bond motifs is 1. The van der Waals surface area contributed by atoms with Gasteiger partial charge in [0.25, 0.3) is 5.56 Å². The number of hydrogen-bond acceptors (Lipinski definition) is 7. The molecule has 2 rings (SSSR count). The molecule has 0 saturated heterocycles. The highest BCUT2D eigenvalue weighted by Gasteiger charge is 2.31. The number of rotatable bonds is 8. The largest absolute Gasteiger partial charge is 0.394 e. The lowest BCUT2D eigenvalue weighted by Gasteiger charge is -2.27. The molecule has 0 aliphatic heterocycles. The number of pyridine rings is 1. The van der Waals surface area contributed by atoms with Gasteiger partial charge in [-0.2, -0.15) is 8.78 Å².